The van der Waals surface area contributed by atoms with E-state index in [0.717, 1.165) is 25.7 Å². The quantitative estimate of drug-likeness (QED) is 0.330. The van der Waals surface area contributed by atoms with Crippen LogP contribution in [-0.4, -0.2) is 62.1 Å². The van der Waals surface area contributed by atoms with Gasteiger partial charge in [0.1, 0.15) is 17.7 Å². The Labute approximate surface area is 203 Å². The van der Waals surface area contributed by atoms with E-state index in [1.807, 2.05) is 13.8 Å². The second-order valence-electron chi connectivity index (χ2n) is 11.0. The molecule has 1 aliphatic rings. The number of hydrogen-bond acceptors (Lipinski definition) is 6. The number of carbonyl (C=O) groups excluding carboxylic acids is 2. The number of H-pyrrole nitrogens is 1. The number of nitrogens with one attached hydrogen (secondary N) is 3. The van der Waals surface area contributed by atoms with Gasteiger partial charge in [-0.2, -0.15) is 0 Å². The van der Waals surface area contributed by atoms with E-state index >= 15 is 0 Å². The van der Waals surface area contributed by atoms with Crippen molar-refractivity contribution in [2.24, 2.45) is 11.8 Å². The molecule has 1 heterocycles. The molecule has 9 nitrogen and oxygen atoms in total. The molecule has 9 heteroatoms. The Morgan fingerprint density at radius 1 is 1.18 bits per heavy atom. The van der Waals surface area contributed by atoms with Crippen molar-refractivity contribution in [1.82, 2.24) is 20.6 Å². The van der Waals surface area contributed by atoms with Gasteiger partial charge in [-0.25, -0.2) is 9.78 Å². The molecule has 0 saturated heterocycles. The van der Waals surface area contributed by atoms with Crippen molar-refractivity contribution in [3.05, 3.63) is 18.2 Å². The molecular formula is C25H44N4O5. The van der Waals surface area contributed by atoms with Crippen molar-refractivity contribution in [2.45, 2.75) is 116 Å². The smallest absolute Gasteiger partial charge is 0.408 e. The molecular weight excluding hydrogens is 436 g/mol. The average molecular weight is 481 g/mol. The second-order valence-corrected chi connectivity index (χ2v) is 11.0. The standard InChI is InChI=1S/C25H44N4O5/c1-16(2)11-21(30)22(31)19(12-17-9-7-6-8-10-17)28-23(32)20(13-18-14-26-15-27-18)29-24(33)34-25(3,4)5/h14-17,19-22,30-31H,6-13H2,1-5H3,(H,26,27)(H,28,32)(H,29,33)/t19-,20-,21-,22+/m0/s1. The summed E-state index contributed by atoms with van der Waals surface area (Å²) in [5, 5.41) is 27.2. The van der Waals surface area contributed by atoms with Gasteiger partial charge in [0.05, 0.1) is 18.5 Å². The van der Waals surface area contributed by atoms with Gasteiger partial charge in [0.2, 0.25) is 5.91 Å². The number of hydrogen-bond donors (Lipinski definition) is 5. The van der Waals surface area contributed by atoms with Crippen LogP contribution in [-0.2, 0) is 16.0 Å². The van der Waals surface area contributed by atoms with Gasteiger partial charge >= 0.3 is 6.09 Å². The molecule has 5 N–H and O–H groups in total. The maximum absolute atomic E-state index is 13.4. The Hall–Kier alpha value is -2.13. The van der Waals surface area contributed by atoms with Gasteiger partial charge in [-0.1, -0.05) is 46.0 Å². The number of aliphatic hydroxyl groups is 2. The first kappa shape index (κ1) is 28.1. The number of nitrogens with zero attached hydrogens (tertiary/aromatic N) is 1. The molecule has 2 rings (SSSR count). The minimum Gasteiger partial charge on any atom is -0.444 e. The summed E-state index contributed by atoms with van der Waals surface area (Å²) < 4.78 is 5.35. The van der Waals surface area contributed by atoms with Crippen molar-refractivity contribution in [3.63, 3.8) is 0 Å². The summed E-state index contributed by atoms with van der Waals surface area (Å²) in [5.41, 5.74) is -0.0276. The summed E-state index contributed by atoms with van der Waals surface area (Å²) in [4.78, 5) is 32.7. The first-order chi connectivity index (χ1) is 15.9. The van der Waals surface area contributed by atoms with Crippen molar-refractivity contribution in [3.8, 4) is 0 Å². The fourth-order valence-corrected chi connectivity index (χ4v) is 4.51. The maximum atomic E-state index is 13.4. The van der Waals surface area contributed by atoms with Crippen LogP contribution in [0.4, 0.5) is 4.79 Å². The van der Waals surface area contributed by atoms with Gasteiger partial charge in [-0.3, -0.25) is 4.79 Å². The Bertz CT molecular complexity index is 741. The predicted molar refractivity (Wildman–Crippen MR) is 130 cm³/mol. The molecule has 0 bridgehead atoms. The Morgan fingerprint density at radius 2 is 1.85 bits per heavy atom. The van der Waals surface area contributed by atoms with E-state index in [0.29, 0.717) is 24.5 Å². The number of carbonyl (C=O) groups is 2. The van der Waals surface area contributed by atoms with Gasteiger partial charge in [-0.05, 0) is 45.4 Å². The molecule has 1 aromatic rings. The van der Waals surface area contributed by atoms with Crippen LogP contribution in [0.1, 0.15) is 85.3 Å². The van der Waals surface area contributed by atoms with Gasteiger partial charge in [0.25, 0.3) is 0 Å². The number of aromatic nitrogens is 2. The summed E-state index contributed by atoms with van der Waals surface area (Å²) >= 11 is 0. The maximum Gasteiger partial charge on any atom is 0.408 e. The highest BCUT2D eigenvalue weighted by molar-refractivity contribution is 5.86. The zero-order chi connectivity index (χ0) is 25.3. The highest BCUT2D eigenvalue weighted by atomic mass is 16.6. The lowest BCUT2D eigenvalue weighted by Gasteiger charge is -2.33. The van der Waals surface area contributed by atoms with Gasteiger partial charge in [-0.15, -0.1) is 0 Å². The highest BCUT2D eigenvalue weighted by Gasteiger charge is 2.33. The monoisotopic (exact) mass is 480 g/mol. The number of alkyl carbamates (subject to hydrolysis) is 1. The largest absolute Gasteiger partial charge is 0.444 e. The first-order valence-corrected chi connectivity index (χ1v) is 12.6. The van der Waals surface area contributed by atoms with Gasteiger partial charge in [0.15, 0.2) is 0 Å². The van der Waals surface area contributed by atoms with E-state index in [1.165, 1.54) is 12.7 Å². The molecule has 0 aliphatic heterocycles. The number of aliphatic hydroxyl groups excluding tert-OH is 2. The van der Waals surface area contributed by atoms with E-state index in [4.69, 9.17) is 4.74 Å². The molecule has 194 valence electrons. The molecule has 0 aromatic carbocycles. The zero-order valence-corrected chi connectivity index (χ0v) is 21.3. The van der Waals surface area contributed by atoms with Gasteiger partial charge < -0.3 is 30.6 Å². The fourth-order valence-electron chi connectivity index (χ4n) is 4.51. The third-order valence-electron chi connectivity index (χ3n) is 6.15. The lowest BCUT2D eigenvalue weighted by atomic mass is 9.82. The number of rotatable bonds is 11. The SMILES string of the molecule is CC(C)C[C@H](O)[C@H](O)[C@H](CC1CCCCC1)NC(=O)[C@H](Cc1cnc[nH]1)NC(=O)OC(C)(C)C. The second kappa shape index (κ2) is 13.1. The summed E-state index contributed by atoms with van der Waals surface area (Å²) in [5.74, 6) is 0.152. The lowest BCUT2D eigenvalue weighted by molar-refractivity contribution is -0.126. The molecule has 1 saturated carbocycles. The summed E-state index contributed by atoms with van der Waals surface area (Å²) in [6.07, 6.45) is 7.16. The summed E-state index contributed by atoms with van der Waals surface area (Å²) in [6, 6.07) is -1.55. The fraction of sp³-hybridized carbons (Fsp3) is 0.800. The number of imidazole rings is 1. The van der Waals surface area contributed by atoms with Crippen molar-refractivity contribution in [2.75, 3.05) is 0 Å². The molecule has 1 aliphatic carbocycles. The first-order valence-electron chi connectivity index (χ1n) is 12.6. The van der Waals surface area contributed by atoms with E-state index < -0.39 is 41.9 Å². The van der Waals surface area contributed by atoms with E-state index in [-0.39, 0.29) is 12.3 Å². The molecule has 1 fully saturated rings. The van der Waals surface area contributed by atoms with Crippen LogP contribution in [0, 0.1) is 11.8 Å². The predicted octanol–water partition coefficient (Wildman–Crippen LogP) is 3.07. The summed E-state index contributed by atoms with van der Waals surface area (Å²) in [7, 11) is 0. The molecule has 4 atom stereocenters. The third kappa shape index (κ3) is 10.0. The Kier molecular flexibility index (Phi) is 10.8. The normalized spacial score (nSPS) is 18.7. The van der Waals surface area contributed by atoms with Crippen LogP contribution in [0.25, 0.3) is 0 Å². The van der Waals surface area contributed by atoms with Crippen LogP contribution in [0.2, 0.25) is 0 Å². The van der Waals surface area contributed by atoms with Crippen LogP contribution < -0.4 is 10.6 Å². The molecule has 0 spiro atoms. The average Bonchev–Trinajstić information content (AvgIpc) is 3.24. The molecule has 1 aromatic heterocycles. The number of aromatic amines is 1. The minimum absolute atomic E-state index is 0.186. The van der Waals surface area contributed by atoms with Crippen molar-refractivity contribution >= 4 is 12.0 Å². The van der Waals surface area contributed by atoms with Crippen LogP contribution in [0.5, 0.6) is 0 Å². The van der Waals surface area contributed by atoms with E-state index in [1.54, 1.807) is 27.0 Å². The lowest BCUT2D eigenvalue weighted by Crippen LogP contribution is -2.56. The topological polar surface area (TPSA) is 137 Å². The number of amides is 2. The molecule has 2 amide bonds. The Morgan fingerprint density at radius 3 is 2.41 bits per heavy atom. The zero-order valence-electron chi connectivity index (χ0n) is 21.3. The van der Waals surface area contributed by atoms with Crippen LogP contribution >= 0.6 is 0 Å². The van der Waals surface area contributed by atoms with Crippen LogP contribution in [0.3, 0.4) is 0 Å². The van der Waals surface area contributed by atoms with Crippen LogP contribution in [0.15, 0.2) is 12.5 Å². The van der Waals surface area contributed by atoms with E-state index in [9.17, 15) is 19.8 Å². The van der Waals surface area contributed by atoms with Crippen molar-refractivity contribution < 1.29 is 24.5 Å². The molecule has 34 heavy (non-hydrogen) atoms. The summed E-state index contributed by atoms with van der Waals surface area (Å²) in [6.45, 7) is 9.22. The minimum atomic E-state index is -1.09. The van der Waals surface area contributed by atoms with Crippen molar-refractivity contribution in [1.29, 1.82) is 0 Å². The Balaban J connectivity index is 2.16. The van der Waals surface area contributed by atoms with Gasteiger partial charge in [0, 0.05) is 18.3 Å². The number of ether oxygens (including phenoxy) is 1. The molecule has 0 unspecified atom stereocenters. The van der Waals surface area contributed by atoms with E-state index in [2.05, 4.69) is 20.6 Å². The highest BCUT2D eigenvalue weighted by Crippen LogP contribution is 2.29. The molecule has 0 radical (unpaired) electrons. The third-order valence-corrected chi connectivity index (χ3v) is 6.15.